The number of ether oxygens (including phenoxy) is 2. The van der Waals surface area contributed by atoms with Crippen LogP contribution in [0.2, 0.25) is 0 Å². The van der Waals surface area contributed by atoms with Gasteiger partial charge in [-0.1, -0.05) is 24.3 Å². The molecule has 0 bridgehead atoms. The van der Waals surface area contributed by atoms with Crippen molar-refractivity contribution in [1.29, 1.82) is 0 Å². The van der Waals surface area contributed by atoms with E-state index in [1.807, 2.05) is 43.3 Å². The number of amides is 2. The molecule has 2 aromatic rings. The number of para-hydroxylation sites is 1. The minimum absolute atomic E-state index is 0.278. The Kier molecular flexibility index (Phi) is 5.65. The van der Waals surface area contributed by atoms with E-state index in [-0.39, 0.29) is 6.03 Å². The highest BCUT2D eigenvalue weighted by atomic mass is 16.5. The lowest BCUT2D eigenvalue weighted by molar-refractivity contribution is 0.251. The number of hydrogen-bond acceptors (Lipinski definition) is 3. The molecule has 2 rings (SSSR count). The van der Waals surface area contributed by atoms with Crippen molar-refractivity contribution in [3.8, 4) is 11.5 Å². The Hall–Kier alpha value is -2.69. The summed E-state index contributed by atoms with van der Waals surface area (Å²) in [6.07, 6.45) is 0. The molecule has 116 valence electrons. The van der Waals surface area contributed by atoms with Crippen molar-refractivity contribution in [2.45, 2.75) is 13.5 Å². The molecule has 2 N–H and O–H groups in total. The summed E-state index contributed by atoms with van der Waals surface area (Å²) in [6, 6.07) is 14.6. The number of anilines is 1. The summed E-state index contributed by atoms with van der Waals surface area (Å²) in [4.78, 5) is 12.0. The first-order chi connectivity index (χ1) is 10.7. The average Bonchev–Trinajstić information content (AvgIpc) is 2.54. The van der Waals surface area contributed by atoms with Gasteiger partial charge in [0.05, 0.1) is 13.7 Å². The standard InChI is InChI=1S/C17H20N2O3/c1-3-22-16-10-5-4-7-13(16)12-18-17(20)19-14-8-6-9-15(11-14)21-2/h4-11H,3,12H2,1-2H3,(H2,18,19,20). The quantitative estimate of drug-likeness (QED) is 0.859. The van der Waals surface area contributed by atoms with E-state index in [0.717, 1.165) is 11.3 Å². The zero-order valence-corrected chi connectivity index (χ0v) is 12.8. The molecule has 5 nitrogen and oxygen atoms in total. The molecule has 2 aromatic carbocycles. The molecule has 5 heteroatoms. The predicted molar refractivity (Wildman–Crippen MR) is 86.5 cm³/mol. The van der Waals surface area contributed by atoms with Crippen LogP contribution in [0, 0.1) is 0 Å². The van der Waals surface area contributed by atoms with Gasteiger partial charge in [-0.2, -0.15) is 0 Å². The highest BCUT2D eigenvalue weighted by molar-refractivity contribution is 5.89. The predicted octanol–water partition coefficient (Wildman–Crippen LogP) is 3.42. The fourth-order valence-corrected chi connectivity index (χ4v) is 2.00. The maximum absolute atomic E-state index is 12.0. The van der Waals surface area contributed by atoms with Gasteiger partial charge in [-0.05, 0) is 25.1 Å². The average molecular weight is 300 g/mol. The van der Waals surface area contributed by atoms with E-state index in [1.165, 1.54) is 0 Å². The van der Waals surface area contributed by atoms with E-state index in [9.17, 15) is 4.79 Å². The Morgan fingerprint density at radius 1 is 1.14 bits per heavy atom. The van der Waals surface area contributed by atoms with Crippen LogP contribution in [0.15, 0.2) is 48.5 Å². The number of carbonyl (C=O) groups excluding carboxylic acids is 1. The van der Waals surface area contributed by atoms with E-state index < -0.39 is 0 Å². The molecule has 2 amide bonds. The van der Waals surface area contributed by atoms with Crippen LogP contribution < -0.4 is 20.1 Å². The van der Waals surface area contributed by atoms with E-state index in [4.69, 9.17) is 9.47 Å². The molecule has 0 heterocycles. The number of benzene rings is 2. The van der Waals surface area contributed by atoms with Gasteiger partial charge < -0.3 is 20.1 Å². The largest absolute Gasteiger partial charge is 0.497 e. The molecule has 0 spiro atoms. The third-order valence-corrected chi connectivity index (χ3v) is 3.04. The lowest BCUT2D eigenvalue weighted by Gasteiger charge is -2.12. The SMILES string of the molecule is CCOc1ccccc1CNC(=O)Nc1cccc(OC)c1. The molecule has 0 aliphatic rings. The summed E-state index contributed by atoms with van der Waals surface area (Å²) in [5, 5.41) is 5.58. The molecular formula is C17H20N2O3. The van der Waals surface area contributed by atoms with Crippen molar-refractivity contribution in [2.75, 3.05) is 19.0 Å². The maximum atomic E-state index is 12.0. The Labute approximate surface area is 130 Å². The van der Waals surface area contributed by atoms with Crippen molar-refractivity contribution in [1.82, 2.24) is 5.32 Å². The Morgan fingerprint density at radius 3 is 2.73 bits per heavy atom. The summed E-state index contributed by atoms with van der Waals surface area (Å²) in [5.74, 6) is 1.48. The van der Waals surface area contributed by atoms with Crippen molar-refractivity contribution >= 4 is 11.7 Å². The number of nitrogens with one attached hydrogen (secondary N) is 2. The lowest BCUT2D eigenvalue weighted by Crippen LogP contribution is -2.28. The third-order valence-electron chi connectivity index (χ3n) is 3.04. The number of urea groups is 1. The molecule has 22 heavy (non-hydrogen) atoms. The first kappa shape index (κ1) is 15.7. The first-order valence-electron chi connectivity index (χ1n) is 7.12. The zero-order chi connectivity index (χ0) is 15.8. The van der Waals surface area contributed by atoms with Gasteiger partial charge >= 0.3 is 6.03 Å². The monoisotopic (exact) mass is 300 g/mol. The fourth-order valence-electron chi connectivity index (χ4n) is 2.00. The molecule has 0 atom stereocenters. The molecule has 0 unspecified atom stereocenters. The van der Waals surface area contributed by atoms with Gasteiger partial charge in [0.1, 0.15) is 11.5 Å². The Balaban J connectivity index is 1.92. The Morgan fingerprint density at radius 2 is 1.95 bits per heavy atom. The van der Waals surface area contributed by atoms with Crippen LogP contribution in [0.3, 0.4) is 0 Å². The first-order valence-corrected chi connectivity index (χ1v) is 7.12. The number of rotatable bonds is 6. The van der Waals surface area contributed by atoms with Gasteiger partial charge in [0, 0.05) is 23.9 Å². The minimum atomic E-state index is -0.278. The van der Waals surface area contributed by atoms with Gasteiger partial charge in [-0.25, -0.2) is 4.79 Å². The Bertz CT molecular complexity index is 629. The third kappa shape index (κ3) is 4.41. The normalized spacial score (nSPS) is 9.91. The fraction of sp³-hybridized carbons (Fsp3) is 0.235. The number of carbonyl (C=O) groups is 1. The summed E-state index contributed by atoms with van der Waals surface area (Å²) in [6.45, 7) is 2.92. The number of hydrogen-bond donors (Lipinski definition) is 2. The minimum Gasteiger partial charge on any atom is -0.497 e. The van der Waals surface area contributed by atoms with Gasteiger partial charge in [-0.15, -0.1) is 0 Å². The van der Waals surface area contributed by atoms with Crippen LogP contribution in [-0.2, 0) is 6.54 Å². The van der Waals surface area contributed by atoms with E-state index in [0.29, 0.717) is 24.6 Å². The van der Waals surface area contributed by atoms with Crippen LogP contribution in [0.25, 0.3) is 0 Å². The second-order valence-corrected chi connectivity index (χ2v) is 4.58. The molecule has 0 saturated heterocycles. The zero-order valence-electron chi connectivity index (χ0n) is 12.8. The van der Waals surface area contributed by atoms with E-state index >= 15 is 0 Å². The smallest absolute Gasteiger partial charge is 0.319 e. The molecule has 0 aliphatic carbocycles. The van der Waals surface area contributed by atoms with Crippen LogP contribution in [0.1, 0.15) is 12.5 Å². The van der Waals surface area contributed by atoms with Crippen molar-refractivity contribution in [3.63, 3.8) is 0 Å². The molecule has 0 fully saturated rings. The van der Waals surface area contributed by atoms with Gasteiger partial charge in [0.15, 0.2) is 0 Å². The lowest BCUT2D eigenvalue weighted by atomic mass is 10.2. The highest BCUT2D eigenvalue weighted by Crippen LogP contribution is 2.18. The van der Waals surface area contributed by atoms with Gasteiger partial charge in [0.2, 0.25) is 0 Å². The maximum Gasteiger partial charge on any atom is 0.319 e. The van der Waals surface area contributed by atoms with E-state index in [1.54, 1.807) is 19.2 Å². The second-order valence-electron chi connectivity index (χ2n) is 4.58. The van der Waals surface area contributed by atoms with Gasteiger partial charge in [0.25, 0.3) is 0 Å². The summed E-state index contributed by atoms with van der Waals surface area (Å²) < 4.78 is 10.6. The molecule has 0 aromatic heterocycles. The van der Waals surface area contributed by atoms with Crippen molar-refractivity contribution in [2.24, 2.45) is 0 Å². The topological polar surface area (TPSA) is 59.6 Å². The molecular weight excluding hydrogens is 280 g/mol. The van der Waals surface area contributed by atoms with Crippen molar-refractivity contribution < 1.29 is 14.3 Å². The number of methoxy groups -OCH3 is 1. The van der Waals surface area contributed by atoms with Crippen LogP contribution in [0.4, 0.5) is 10.5 Å². The van der Waals surface area contributed by atoms with Crippen LogP contribution >= 0.6 is 0 Å². The second kappa shape index (κ2) is 7.93. The molecule has 0 radical (unpaired) electrons. The van der Waals surface area contributed by atoms with Crippen LogP contribution in [-0.4, -0.2) is 19.7 Å². The molecule has 0 aliphatic heterocycles. The van der Waals surface area contributed by atoms with Gasteiger partial charge in [-0.3, -0.25) is 0 Å². The summed E-state index contributed by atoms with van der Waals surface area (Å²) in [7, 11) is 1.59. The molecule has 0 saturated carbocycles. The summed E-state index contributed by atoms with van der Waals surface area (Å²) >= 11 is 0. The van der Waals surface area contributed by atoms with Crippen LogP contribution in [0.5, 0.6) is 11.5 Å². The summed E-state index contributed by atoms with van der Waals surface area (Å²) in [5.41, 5.74) is 1.61. The van der Waals surface area contributed by atoms with Crippen molar-refractivity contribution in [3.05, 3.63) is 54.1 Å². The highest BCUT2D eigenvalue weighted by Gasteiger charge is 2.06. The van der Waals surface area contributed by atoms with E-state index in [2.05, 4.69) is 10.6 Å².